The van der Waals surface area contributed by atoms with E-state index in [1.54, 1.807) is 6.92 Å². The van der Waals surface area contributed by atoms with Crippen LogP contribution in [-0.2, 0) is 11.2 Å². The van der Waals surface area contributed by atoms with Gasteiger partial charge < -0.3 is 4.79 Å². The van der Waals surface area contributed by atoms with Gasteiger partial charge in [-0.25, -0.2) is 5.10 Å². The molecule has 1 aromatic rings. The molecule has 17 heavy (non-hydrogen) atoms. The van der Waals surface area contributed by atoms with Gasteiger partial charge in [0.05, 0.1) is 0 Å². The molecule has 0 radical (unpaired) electrons. The molecule has 1 heterocycles. The minimum absolute atomic E-state index is 0.0167. The lowest BCUT2D eigenvalue weighted by Crippen LogP contribution is -2.27. The molecule has 5 nitrogen and oxygen atoms in total. The molecule has 5 heteroatoms. The molecule has 0 spiro atoms. The zero-order valence-corrected chi connectivity index (χ0v) is 11.4. The molecule has 0 saturated heterocycles. The van der Waals surface area contributed by atoms with Gasteiger partial charge in [0.1, 0.15) is 11.6 Å². The summed E-state index contributed by atoms with van der Waals surface area (Å²) in [5, 5.41) is 13.8. The third-order valence-electron chi connectivity index (χ3n) is 2.72. The number of nitrogens with one attached hydrogen (secondary N) is 1. The van der Waals surface area contributed by atoms with Crippen LogP contribution in [0.1, 0.15) is 53.3 Å². The van der Waals surface area contributed by atoms with Crippen molar-refractivity contribution in [1.29, 1.82) is 0 Å². The van der Waals surface area contributed by atoms with Crippen molar-refractivity contribution >= 4 is 5.78 Å². The Bertz CT molecular complexity index is 368. The average Bonchev–Trinajstić information content (AvgIpc) is 2.49. The quantitative estimate of drug-likeness (QED) is 0.824. The predicted octanol–water partition coefficient (Wildman–Crippen LogP) is 2.16. The zero-order chi connectivity index (χ0) is 13.1. The van der Waals surface area contributed by atoms with Gasteiger partial charge in [0.25, 0.3) is 0 Å². The van der Waals surface area contributed by atoms with Crippen molar-refractivity contribution in [1.82, 2.24) is 20.6 Å². The summed E-state index contributed by atoms with van der Waals surface area (Å²) < 4.78 is 0. The fourth-order valence-electron chi connectivity index (χ4n) is 2.80. The van der Waals surface area contributed by atoms with Crippen LogP contribution in [-0.4, -0.2) is 26.4 Å². The first-order valence-corrected chi connectivity index (χ1v) is 5.92. The van der Waals surface area contributed by atoms with Crippen LogP contribution in [0.2, 0.25) is 0 Å². The Morgan fingerprint density at radius 2 is 1.88 bits per heavy atom. The van der Waals surface area contributed by atoms with E-state index < -0.39 is 0 Å². The lowest BCUT2D eigenvalue weighted by Gasteiger charge is -2.33. The first kappa shape index (κ1) is 13.8. The molecule has 0 fully saturated rings. The van der Waals surface area contributed by atoms with E-state index in [1.807, 2.05) is 0 Å². The molecule has 0 amide bonds. The van der Waals surface area contributed by atoms with Gasteiger partial charge in [-0.1, -0.05) is 27.7 Å². The topological polar surface area (TPSA) is 71.5 Å². The smallest absolute Gasteiger partial charge is 0.148 e. The second-order valence-electron chi connectivity index (χ2n) is 6.41. The molecule has 0 aromatic carbocycles. The summed E-state index contributed by atoms with van der Waals surface area (Å²) in [6.45, 7) is 10.3. The number of rotatable bonds is 6. The van der Waals surface area contributed by atoms with Crippen LogP contribution >= 0.6 is 0 Å². The molecule has 0 aliphatic rings. The van der Waals surface area contributed by atoms with E-state index in [-0.39, 0.29) is 16.6 Å². The number of aromatic amines is 1. The summed E-state index contributed by atoms with van der Waals surface area (Å²) in [6.07, 6.45) is 2.37. The summed E-state index contributed by atoms with van der Waals surface area (Å²) in [5.41, 5.74) is 0.0863. The third-order valence-corrected chi connectivity index (χ3v) is 2.72. The van der Waals surface area contributed by atoms with Gasteiger partial charge in [-0.15, -0.1) is 5.10 Å². The maximum absolute atomic E-state index is 11.2. The minimum Gasteiger partial charge on any atom is -0.300 e. The van der Waals surface area contributed by atoms with Gasteiger partial charge >= 0.3 is 0 Å². The lowest BCUT2D eigenvalue weighted by atomic mass is 9.71. The number of ketones is 1. The maximum atomic E-state index is 11.2. The number of H-pyrrole nitrogens is 1. The molecule has 0 unspecified atom stereocenters. The second kappa shape index (κ2) is 4.94. The zero-order valence-electron chi connectivity index (χ0n) is 11.4. The molecular formula is C12H22N4O. The monoisotopic (exact) mass is 238 g/mol. The third kappa shape index (κ3) is 5.06. The Kier molecular flexibility index (Phi) is 4.01. The van der Waals surface area contributed by atoms with E-state index in [0.29, 0.717) is 6.42 Å². The van der Waals surface area contributed by atoms with Crippen molar-refractivity contribution in [3.8, 4) is 0 Å². The Labute approximate surface area is 102 Å². The highest BCUT2D eigenvalue weighted by Gasteiger charge is 2.30. The maximum Gasteiger partial charge on any atom is 0.148 e. The van der Waals surface area contributed by atoms with E-state index in [1.165, 1.54) is 0 Å². The normalized spacial score (nSPS) is 12.8. The number of hydrogen-bond donors (Lipinski definition) is 1. The van der Waals surface area contributed by atoms with Crippen LogP contribution in [0.4, 0.5) is 0 Å². The van der Waals surface area contributed by atoms with Crippen molar-refractivity contribution in [3.63, 3.8) is 0 Å². The summed E-state index contributed by atoms with van der Waals surface area (Å²) >= 11 is 0. The molecule has 0 bridgehead atoms. The highest BCUT2D eigenvalue weighted by molar-refractivity contribution is 5.76. The van der Waals surface area contributed by atoms with E-state index in [9.17, 15) is 4.79 Å². The van der Waals surface area contributed by atoms with Gasteiger partial charge in [-0.05, 0) is 34.6 Å². The molecule has 0 aliphatic carbocycles. The Hall–Kier alpha value is -1.26. The molecule has 1 N–H and O–H groups in total. The van der Waals surface area contributed by atoms with Crippen LogP contribution in [0, 0.1) is 10.8 Å². The molecule has 0 atom stereocenters. The van der Waals surface area contributed by atoms with Crippen LogP contribution in [0.5, 0.6) is 0 Å². The van der Waals surface area contributed by atoms with Crippen molar-refractivity contribution in [2.75, 3.05) is 0 Å². The fourth-order valence-corrected chi connectivity index (χ4v) is 2.80. The van der Waals surface area contributed by atoms with Gasteiger partial charge in [0, 0.05) is 12.8 Å². The Balaban J connectivity index is 2.62. The molecular weight excluding hydrogens is 216 g/mol. The molecule has 0 saturated carbocycles. The van der Waals surface area contributed by atoms with Gasteiger partial charge in [-0.2, -0.15) is 0 Å². The SMILES string of the molecule is CC(=O)CC(C)(C)CC(C)(C)Cc1nnn[nH]1. The average molecular weight is 238 g/mol. The summed E-state index contributed by atoms with van der Waals surface area (Å²) in [7, 11) is 0. The number of carbonyl (C=O) groups is 1. The second-order valence-corrected chi connectivity index (χ2v) is 6.41. The van der Waals surface area contributed by atoms with Crippen LogP contribution in [0.3, 0.4) is 0 Å². The lowest BCUT2D eigenvalue weighted by molar-refractivity contribution is -0.119. The number of Topliss-reactive ketones (excluding diaryl/α,β-unsaturated/α-hetero) is 1. The van der Waals surface area contributed by atoms with E-state index in [2.05, 4.69) is 48.3 Å². The summed E-state index contributed by atoms with van der Waals surface area (Å²) in [6, 6.07) is 0. The largest absolute Gasteiger partial charge is 0.300 e. The Morgan fingerprint density at radius 1 is 1.24 bits per heavy atom. The van der Waals surface area contributed by atoms with E-state index in [0.717, 1.165) is 18.7 Å². The Morgan fingerprint density at radius 3 is 2.35 bits per heavy atom. The van der Waals surface area contributed by atoms with E-state index >= 15 is 0 Å². The molecule has 96 valence electrons. The number of carbonyl (C=O) groups excluding carboxylic acids is 1. The van der Waals surface area contributed by atoms with Crippen molar-refractivity contribution < 1.29 is 4.79 Å². The summed E-state index contributed by atoms with van der Waals surface area (Å²) in [4.78, 5) is 11.2. The molecule has 0 aliphatic heterocycles. The standard InChI is InChI=1S/C12H22N4O/c1-9(17)6-11(2,3)8-12(4,5)7-10-13-15-16-14-10/h6-8H2,1-5H3,(H,13,14,15,16). The van der Waals surface area contributed by atoms with Crippen molar-refractivity contribution in [2.45, 2.75) is 53.9 Å². The highest BCUT2D eigenvalue weighted by Crippen LogP contribution is 2.37. The molecule has 1 rings (SSSR count). The van der Waals surface area contributed by atoms with E-state index in [4.69, 9.17) is 0 Å². The first-order chi connectivity index (χ1) is 7.70. The number of tetrazole rings is 1. The minimum atomic E-state index is 0.0167. The van der Waals surface area contributed by atoms with Crippen molar-refractivity contribution in [3.05, 3.63) is 5.82 Å². The van der Waals surface area contributed by atoms with Crippen LogP contribution in [0.15, 0.2) is 0 Å². The number of aromatic nitrogens is 4. The van der Waals surface area contributed by atoms with Gasteiger partial charge in [0.15, 0.2) is 0 Å². The molecule has 1 aromatic heterocycles. The first-order valence-electron chi connectivity index (χ1n) is 5.92. The number of nitrogens with zero attached hydrogens (tertiary/aromatic N) is 3. The predicted molar refractivity (Wildman–Crippen MR) is 65.4 cm³/mol. The highest BCUT2D eigenvalue weighted by atomic mass is 16.1. The van der Waals surface area contributed by atoms with Gasteiger partial charge in [0.2, 0.25) is 0 Å². The van der Waals surface area contributed by atoms with Gasteiger partial charge in [-0.3, -0.25) is 0 Å². The van der Waals surface area contributed by atoms with Crippen LogP contribution in [0.25, 0.3) is 0 Å². The number of hydrogen-bond acceptors (Lipinski definition) is 4. The fraction of sp³-hybridized carbons (Fsp3) is 0.833. The van der Waals surface area contributed by atoms with Crippen molar-refractivity contribution in [2.24, 2.45) is 10.8 Å². The summed E-state index contributed by atoms with van der Waals surface area (Å²) in [5.74, 6) is 1.04. The van der Waals surface area contributed by atoms with Crippen LogP contribution < -0.4 is 0 Å².